The lowest BCUT2D eigenvalue weighted by atomic mass is 10.2. The second kappa shape index (κ2) is 5.29. The van der Waals surface area contributed by atoms with Crippen molar-refractivity contribution in [1.82, 2.24) is 0 Å². The summed E-state index contributed by atoms with van der Waals surface area (Å²) in [5.74, 6) is 0.599. The first-order chi connectivity index (χ1) is 7.45. The molecule has 0 aliphatic carbocycles. The first kappa shape index (κ1) is 13.0. The lowest BCUT2D eigenvalue weighted by molar-refractivity contribution is 0.146. The van der Waals surface area contributed by atoms with E-state index in [0.29, 0.717) is 24.5 Å². The van der Waals surface area contributed by atoms with Gasteiger partial charge in [-0.3, -0.25) is 0 Å². The van der Waals surface area contributed by atoms with Crippen molar-refractivity contribution in [3.8, 4) is 5.75 Å². The maximum atomic E-state index is 11.1. The van der Waals surface area contributed by atoms with Crippen LogP contribution < -0.4 is 9.88 Å². The predicted molar refractivity (Wildman–Crippen MR) is 59.9 cm³/mol. The highest BCUT2D eigenvalue weighted by atomic mass is 32.2. The Balaban J connectivity index is 2.83. The number of hydrogen-bond acceptors (Lipinski definition) is 4. The summed E-state index contributed by atoms with van der Waals surface area (Å²) in [7, 11) is -2.07. The smallest absolute Gasteiger partial charge is 0.238 e. The number of aryl methyl sites for hydroxylation is 1. The molecule has 0 unspecified atom stereocenters. The molecule has 0 aromatic heterocycles. The number of methoxy groups -OCH3 is 1. The molecule has 0 atom stereocenters. The Labute approximate surface area is 95.2 Å². The number of sulfonamides is 1. The molecule has 0 radical (unpaired) electrons. The molecular weight excluding hydrogens is 230 g/mol. The van der Waals surface area contributed by atoms with Crippen LogP contribution in [0.2, 0.25) is 0 Å². The van der Waals surface area contributed by atoms with E-state index in [9.17, 15) is 8.42 Å². The molecule has 0 aliphatic heterocycles. The topological polar surface area (TPSA) is 78.6 Å². The van der Waals surface area contributed by atoms with Crippen molar-refractivity contribution >= 4 is 10.0 Å². The van der Waals surface area contributed by atoms with E-state index in [2.05, 4.69) is 0 Å². The zero-order valence-electron chi connectivity index (χ0n) is 9.26. The minimum Gasteiger partial charge on any atom is -0.491 e. The van der Waals surface area contributed by atoms with Gasteiger partial charge in [-0.2, -0.15) is 0 Å². The number of primary sulfonamides is 1. The van der Waals surface area contributed by atoms with Crippen LogP contribution in [-0.2, 0) is 14.8 Å². The fourth-order valence-corrected chi connectivity index (χ4v) is 2.04. The van der Waals surface area contributed by atoms with E-state index in [4.69, 9.17) is 14.6 Å². The zero-order chi connectivity index (χ0) is 12.2. The highest BCUT2D eigenvalue weighted by Crippen LogP contribution is 2.19. The van der Waals surface area contributed by atoms with Crippen molar-refractivity contribution in [3.63, 3.8) is 0 Å². The summed E-state index contributed by atoms with van der Waals surface area (Å²) in [5.41, 5.74) is 0.567. The van der Waals surface area contributed by atoms with Crippen molar-refractivity contribution in [3.05, 3.63) is 23.8 Å². The average Bonchev–Trinajstić information content (AvgIpc) is 2.16. The lowest BCUT2D eigenvalue weighted by Gasteiger charge is -2.08. The monoisotopic (exact) mass is 245 g/mol. The number of ether oxygens (including phenoxy) is 2. The molecule has 2 N–H and O–H groups in total. The maximum absolute atomic E-state index is 11.1. The van der Waals surface area contributed by atoms with Crippen LogP contribution in [-0.4, -0.2) is 28.7 Å². The minimum atomic E-state index is -3.66. The molecule has 0 fully saturated rings. The standard InChI is InChI=1S/C10H15NO4S/c1-8-7-9(15-6-5-14-2)3-4-10(8)16(11,12)13/h3-4,7H,5-6H2,1-2H3,(H2,11,12,13). The van der Waals surface area contributed by atoms with Gasteiger partial charge >= 0.3 is 0 Å². The van der Waals surface area contributed by atoms with Gasteiger partial charge in [0, 0.05) is 7.11 Å². The van der Waals surface area contributed by atoms with Crippen LogP contribution in [0.5, 0.6) is 5.75 Å². The number of nitrogens with two attached hydrogens (primary N) is 1. The lowest BCUT2D eigenvalue weighted by Crippen LogP contribution is -2.13. The molecule has 0 aliphatic rings. The molecule has 0 amide bonds. The van der Waals surface area contributed by atoms with E-state index < -0.39 is 10.0 Å². The summed E-state index contributed by atoms with van der Waals surface area (Å²) in [5, 5.41) is 5.04. The average molecular weight is 245 g/mol. The van der Waals surface area contributed by atoms with Crippen LogP contribution in [0.15, 0.2) is 23.1 Å². The Kier molecular flexibility index (Phi) is 4.28. The molecule has 16 heavy (non-hydrogen) atoms. The Bertz CT molecular complexity index is 456. The number of rotatable bonds is 5. The van der Waals surface area contributed by atoms with Gasteiger partial charge in [-0.05, 0) is 30.7 Å². The summed E-state index contributed by atoms with van der Waals surface area (Å²) in [6.45, 7) is 2.57. The second-order valence-corrected chi connectivity index (χ2v) is 4.84. The van der Waals surface area contributed by atoms with Gasteiger partial charge in [-0.15, -0.1) is 0 Å². The van der Waals surface area contributed by atoms with Gasteiger partial charge < -0.3 is 9.47 Å². The van der Waals surface area contributed by atoms with Crippen molar-refractivity contribution in [1.29, 1.82) is 0 Å². The Hall–Kier alpha value is -1.11. The van der Waals surface area contributed by atoms with Crippen molar-refractivity contribution < 1.29 is 17.9 Å². The van der Waals surface area contributed by atoms with Gasteiger partial charge in [0.2, 0.25) is 10.0 Å². The minimum absolute atomic E-state index is 0.117. The molecular formula is C10H15NO4S. The molecule has 1 aromatic rings. The first-order valence-electron chi connectivity index (χ1n) is 4.70. The molecule has 1 rings (SSSR count). The third-order valence-corrected chi connectivity index (χ3v) is 3.08. The van der Waals surface area contributed by atoms with Crippen molar-refractivity contribution in [2.24, 2.45) is 5.14 Å². The summed E-state index contributed by atoms with van der Waals surface area (Å²) in [4.78, 5) is 0.117. The van der Waals surface area contributed by atoms with Gasteiger partial charge in [0.05, 0.1) is 11.5 Å². The van der Waals surface area contributed by atoms with E-state index in [1.54, 1.807) is 26.2 Å². The summed E-state index contributed by atoms with van der Waals surface area (Å²) in [6.07, 6.45) is 0. The van der Waals surface area contributed by atoms with Gasteiger partial charge in [-0.1, -0.05) is 0 Å². The first-order valence-corrected chi connectivity index (χ1v) is 6.25. The molecule has 90 valence electrons. The van der Waals surface area contributed by atoms with Crippen LogP contribution in [0.25, 0.3) is 0 Å². The highest BCUT2D eigenvalue weighted by molar-refractivity contribution is 7.89. The summed E-state index contributed by atoms with van der Waals surface area (Å²) >= 11 is 0. The molecule has 0 saturated carbocycles. The van der Waals surface area contributed by atoms with E-state index in [1.165, 1.54) is 6.07 Å². The van der Waals surface area contributed by atoms with Gasteiger partial charge in [0.1, 0.15) is 12.4 Å². The second-order valence-electron chi connectivity index (χ2n) is 3.31. The molecule has 0 spiro atoms. The molecule has 5 nitrogen and oxygen atoms in total. The van der Waals surface area contributed by atoms with Gasteiger partial charge in [0.25, 0.3) is 0 Å². The van der Waals surface area contributed by atoms with E-state index >= 15 is 0 Å². The number of hydrogen-bond donors (Lipinski definition) is 1. The molecule has 0 heterocycles. The molecule has 0 saturated heterocycles. The highest BCUT2D eigenvalue weighted by Gasteiger charge is 2.11. The van der Waals surface area contributed by atoms with E-state index in [-0.39, 0.29) is 4.90 Å². The Morgan fingerprint density at radius 2 is 2.00 bits per heavy atom. The third kappa shape index (κ3) is 3.48. The third-order valence-electron chi connectivity index (χ3n) is 2.01. The number of benzene rings is 1. The molecule has 0 bridgehead atoms. The fourth-order valence-electron chi connectivity index (χ4n) is 1.27. The normalized spacial score (nSPS) is 11.4. The van der Waals surface area contributed by atoms with E-state index in [0.717, 1.165) is 0 Å². The fraction of sp³-hybridized carbons (Fsp3) is 0.400. The zero-order valence-corrected chi connectivity index (χ0v) is 10.1. The largest absolute Gasteiger partial charge is 0.491 e. The van der Waals surface area contributed by atoms with Gasteiger partial charge in [0.15, 0.2) is 0 Å². The van der Waals surface area contributed by atoms with Crippen LogP contribution in [0, 0.1) is 6.92 Å². The van der Waals surface area contributed by atoms with Crippen LogP contribution >= 0.6 is 0 Å². The van der Waals surface area contributed by atoms with Crippen LogP contribution in [0.1, 0.15) is 5.56 Å². The Morgan fingerprint density at radius 1 is 1.31 bits per heavy atom. The SMILES string of the molecule is COCCOc1ccc(S(N)(=O)=O)c(C)c1. The van der Waals surface area contributed by atoms with Crippen LogP contribution in [0.4, 0.5) is 0 Å². The van der Waals surface area contributed by atoms with E-state index in [1.807, 2.05) is 0 Å². The predicted octanol–water partition coefficient (Wildman–Crippen LogP) is 0.668. The van der Waals surface area contributed by atoms with Gasteiger partial charge in [-0.25, -0.2) is 13.6 Å². The summed E-state index contributed by atoms with van der Waals surface area (Å²) < 4.78 is 32.4. The molecule has 6 heteroatoms. The van der Waals surface area contributed by atoms with Crippen molar-refractivity contribution in [2.45, 2.75) is 11.8 Å². The Morgan fingerprint density at radius 3 is 2.50 bits per heavy atom. The van der Waals surface area contributed by atoms with Crippen LogP contribution in [0.3, 0.4) is 0 Å². The summed E-state index contributed by atoms with van der Waals surface area (Å²) in [6, 6.07) is 4.64. The molecule has 1 aromatic carbocycles. The maximum Gasteiger partial charge on any atom is 0.238 e. The van der Waals surface area contributed by atoms with Crippen molar-refractivity contribution in [2.75, 3.05) is 20.3 Å². The quantitative estimate of drug-likeness (QED) is 0.773.